The molecule has 1 unspecified atom stereocenters. The molecule has 0 saturated carbocycles. The number of rotatable bonds is 8. The lowest BCUT2D eigenvalue weighted by atomic mass is 10.0. The Hall–Kier alpha value is -3.48. The van der Waals surface area contributed by atoms with Crippen molar-refractivity contribution in [2.45, 2.75) is 51.2 Å². The highest BCUT2D eigenvalue weighted by Crippen LogP contribution is 2.29. The largest absolute Gasteiger partial charge is 0.306 e. The summed E-state index contributed by atoms with van der Waals surface area (Å²) in [5, 5.41) is 12.6. The summed E-state index contributed by atoms with van der Waals surface area (Å²) in [5.41, 5.74) is 7.10. The van der Waals surface area contributed by atoms with Crippen LogP contribution in [-0.4, -0.2) is 29.1 Å². The summed E-state index contributed by atoms with van der Waals surface area (Å²) in [5.74, 6) is -0.600. The standard InChI is InChI=1S/C28H31N3O3/c1-20-11-13-22(14-12-20)19-31-26-10-6-5-9-23(26)16-18-25(28(31)33)29-24(27(32)30-34)17-15-21-7-3-2-4-8-21/h2-14,24-25,29,34H,15-19H2,1H3,(H,30,32)/t24-,25?/m0/s1. The lowest BCUT2D eigenvalue weighted by molar-refractivity contribution is -0.132. The van der Waals surface area contributed by atoms with Crippen molar-refractivity contribution in [3.05, 3.63) is 101 Å². The molecule has 3 N–H and O–H groups in total. The number of hydroxylamine groups is 1. The number of nitrogens with zero attached hydrogens (tertiary/aromatic N) is 1. The van der Waals surface area contributed by atoms with Crippen molar-refractivity contribution in [1.82, 2.24) is 10.8 Å². The van der Waals surface area contributed by atoms with E-state index in [9.17, 15) is 14.8 Å². The fourth-order valence-electron chi connectivity index (χ4n) is 4.48. The van der Waals surface area contributed by atoms with E-state index in [0.29, 0.717) is 25.8 Å². The Labute approximate surface area is 200 Å². The zero-order chi connectivity index (χ0) is 23.9. The fourth-order valence-corrected chi connectivity index (χ4v) is 4.48. The van der Waals surface area contributed by atoms with Crippen molar-refractivity contribution in [1.29, 1.82) is 0 Å². The number of amides is 2. The lowest BCUT2D eigenvalue weighted by Crippen LogP contribution is -2.53. The Morgan fingerprint density at radius 3 is 2.44 bits per heavy atom. The molecule has 0 aromatic heterocycles. The Bertz CT molecular complexity index is 1120. The predicted octanol–water partition coefficient (Wildman–Crippen LogP) is 3.94. The maximum Gasteiger partial charge on any atom is 0.260 e. The van der Waals surface area contributed by atoms with Crippen molar-refractivity contribution >= 4 is 17.5 Å². The molecule has 0 radical (unpaired) electrons. The van der Waals surface area contributed by atoms with Crippen LogP contribution >= 0.6 is 0 Å². The number of nitrogens with one attached hydrogen (secondary N) is 2. The van der Waals surface area contributed by atoms with Crippen LogP contribution in [0.25, 0.3) is 0 Å². The third kappa shape index (κ3) is 5.71. The van der Waals surface area contributed by atoms with Gasteiger partial charge in [-0.25, -0.2) is 5.48 Å². The maximum absolute atomic E-state index is 13.8. The SMILES string of the molecule is Cc1ccc(CN2C(=O)C(N[C@@H](CCc3ccccc3)C(=O)NO)CCc3ccccc32)cc1. The van der Waals surface area contributed by atoms with Gasteiger partial charge >= 0.3 is 0 Å². The third-order valence-corrected chi connectivity index (χ3v) is 6.40. The van der Waals surface area contributed by atoms with E-state index in [1.807, 2.05) is 84.6 Å². The fraction of sp³-hybridized carbons (Fsp3) is 0.286. The smallest absolute Gasteiger partial charge is 0.260 e. The van der Waals surface area contributed by atoms with Gasteiger partial charge in [0.15, 0.2) is 0 Å². The second kappa shape index (κ2) is 11.1. The highest BCUT2D eigenvalue weighted by atomic mass is 16.5. The third-order valence-electron chi connectivity index (χ3n) is 6.40. The van der Waals surface area contributed by atoms with E-state index in [0.717, 1.165) is 28.8 Å². The molecule has 0 bridgehead atoms. The van der Waals surface area contributed by atoms with Gasteiger partial charge in [-0.2, -0.15) is 0 Å². The number of carbonyl (C=O) groups excluding carboxylic acids is 2. The van der Waals surface area contributed by atoms with Crippen LogP contribution in [0.3, 0.4) is 0 Å². The Morgan fingerprint density at radius 1 is 1.00 bits per heavy atom. The number of hydrogen-bond acceptors (Lipinski definition) is 4. The van der Waals surface area contributed by atoms with E-state index in [4.69, 9.17) is 0 Å². The van der Waals surface area contributed by atoms with Crippen LogP contribution in [0, 0.1) is 6.92 Å². The zero-order valence-electron chi connectivity index (χ0n) is 19.4. The summed E-state index contributed by atoms with van der Waals surface area (Å²) in [4.78, 5) is 28.1. The van der Waals surface area contributed by atoms with Gasteiger partial charge in [0.2, 0.25) is 5.91 Å². The molecule has 0 fully saturated rings. The van der Waals surface area contributed by atoms with E-state index in [2.05, 4.69) is 11.4 Å². The first-order chi connectivity index (χ1) is 16.5. The van der Waals surface area contributed by atoms with Crippen molar-refractivity contribution in [2.75, 3.05) is 4.90 Å². The van der Waals surface area contributed by atoms with E-state index >= 15 is 0 Å². The summed E-state index contributed by atoms with van der Waals surface area (Å²) < 4.78 is 0. The van der Waals surface area contributed by atoms with Gasteiger partial charge in [0, 0.05) is 5.69 Å². The van der Waals surface area contributed by atoms with Crippen molar-refractivity contribution < 1.29 is 14.8 Å². The summed E-state index contributed by atoms with van der Waals surface area (Å²) in [6, 6.07) is 24.8. The molecule has 6 heteroatoms. The highest BCUT2D eigenvalue weighted by molar-refractivity contribution is 5.99. The second-order valence-corrected chi connectivity index (χ2v) is 8.85. The normalized spacial score (nSPS) is 16.5. The molecule has 2 amide bonds. The molecule has 1 heterocycles. The van der Waals surface area contributed by atoms with Crippen molar-refractivity contribution in [2.24, 2.45) is 0 Å². The summed E-state index contributed by atoms with van der Waals surface area (Å²) >= 11 is 0. The van der Waals surface area contributed by atoms with Gasteiger partial charge in [0.25, 0.3) is 5.91 Å². The van der Waals surface area contributed by atoms with E-state index < -0.39 is 18.0 Å². The summed E-state index contributed by atoms with van der Waals surface area (Å²) in [7, 11) is 0. The molecular formula is C28H31N3O3. The molecule has 3 aromatic carbocycles. The number of benzene rings is 3. The van der Waals surface area contributed by atoms with E-state index in [1.165, 1.54) is 5.56 Å². The van der Waals surface area contributed by atoms with Gasteiger partial charge in [-0.15, -0.1) is 0 Å². The van der Waals surface area contributed by atoms with Crippen LogP contribution in [-0.2, 0) is 29.0 Å². The van der Waals surface area contributed by atoms with Gasteiger partial charge in [-0.1, -0.05) is 78.4 Å². The number of aryl methyl sites for hydroxylation is 3. The summed E-state index contributed by atoms with van der Waals surface area (Å²) in [6.45, 7) is 2.49. The Morgan fingerprint density at radius 2 is 1.71 bits per heavy atom. The quantitative estimate of drug-likeness (QED) is 0.354. The zero-order valence-corrected chi connectivity index (χ0v) is 19.4. The van der Waals surface area contributed by atoms with Crippen LogP contribution < -0.4 is 15.7 Å². The molecule has 34 heavy (non-hydrogen) atoms. The van der Waals surface area contributed by atoms with E-state index in [1.54, 1.807) is 5.48 Å². The van der Waals surface area contributed by atoms with Crippen molar-refractivity contribution in [3.63, 3.8) is 0 Å². The first-order valence-corrected chi connectivity index (χ1v) is 11.7. The van der Waals surface area contributed by atoms with Gasteiger partial charge in [0.05, 0.1) is 18.6 Å². The minimum absolute atomic E-state index is 0.0685. The van der Waals surface area contributed by atoms with Gasteiger partial charge in [-0.05, 0) is 55.4 Å². The average Bonchev–Trinajstić information content (AvgIpc) is 3.00. The number of hydrogen-bond donors (Lipinski definition) is 3. The minimum Gasteiger partial charge on any atom is -0.306 e. The Kier molecular flexibility index (Phi) is 7.72. The lowest BCUT2D eigenvalue weighted by Gasteiger charge is -2.28. The number of carbonyl (C=O) groups is 2. The molecule has 1 aliphatic heterocycles. The van der Waals surface area contributed by atoms with Crippen LogP contribution in [0.4, 0.5) is 5.69 Å². The molecule has 0 aliphatic carbocycles. The average molecular weight is 458 g/mol. The Balaban J connectivity index is 1.56. The molecular weight excluding hydrogens is 426 g/mol. The predicted molar refractivity (Wildman–Crippen MR) is 133 cm³/mol. The molecule has 0 spiro atoms. The van der Waals surface area contributed by atoms with Crippen LogP contribution in [0.2, 0.25) is 0 Å². The maximum atomic E-state index is 13.8. The molecule has 1 aliphatic rings. The molecule has 0 saturated heterocycles. The number of para-hydroxylation sites is 1. The summed E-state index contributed by atoms with van der Waals surface area (Å²) in [6.07, 6.45) is 2.40. The first-order valence-electron chi connectivity index (χ1n) is 11.7. The van der Waals surface area contributed by atoms with Gasteiger partial charge in [0.1, 0.15) is 0 Å². The van der Waals surface area contributed by atoms with Gasteiger partial charge < -0.3 is 4.90 Å². The first kappa shape index (κ1) is 23.7. The van der Waals surface area contributed by atoms with Crippen LogP contribution in [0.5, 0.6) is 0 Å². The van der Waals surface area contributed by atoms with Crippen LogP contribution in [0.15, 0.2) is 78.9 Å². The molecule has 3 aromatic rings. The molecule has 6 nitrogen and oxygen atoms in total. The van der Waals surface area contributed by atoms with E-state index in [-0.39, 0.29) is 5.91 Å². The minimum atomic E-state index is -0.693. The van der Waals surface area contributed by atoms with Crippen molar-refractivity contribution in [3.8, 4) is 0 Å². The number of fused-ring (bicyclic) bond motifs is 1. The number of anilines is 1. The molecule has 4 rings (SSSR count). The monoisotopic (exact) mass is 457 g/mol. The molecule has 176 valence electrons. The second-order valence-electron chi connectivity index (χ2n) is 8.85. The molecule has 2 atom stereocenters. The topological polar surface area (TPSA) is 81.7 Å². The highest BCUT2D eigenvalue weighted by Gasteiger charge is 2.33. The van der Waals surface area contributed by atoms with Gasteiger partial charge in [-0.3, -0.25) is 20.1 Å². The van der Waals surface area contributed by atoms with Crippen LogP contribution in [0.1, 0.15) is 35.1 Å².